The van der Waals surface area contributed by atoms with E-state index in [2.05, 4.69) is 28.2 Å². The lowest BCUT2D eigenvalue weighted by atomic mass is 10.1. The molecule has 1 saturated heterocycles. The van der Waals surface area contributed by atoms with Crippen LogP contribution in [0.5, 0.6) is 0 Å². The molecule has 23 heavy (non-hydrogen) atoms. The Morgan fingerprint density at radius 2 is 2.17 bits per heavy atom. The van der Waals surface area contributed by atoms with Gasteiger partial charge in [0.05, 0.1) is 6.04 Å². The normalized spacial score (nSPS) is 20.9. The van der Waals surface area contributed by atoms with E-state index in [1.54, 1.807) is 0 Å². The van der Waals surface area contributed by atoms with Crippen LogP contribution in [0.4, 0.5) is 4.79 Å². The van der Waals surface area contributed by atoms with Gasteiger partial charge in [-0.2, -0.15) is 0 Å². The van der Waals surface area contributed by atoms with Crippen molar-refractivity contribution in [1.82, 2.24) is 10.2 Å². The highest BCUT2D eigenvalue weighted by atomic mass is 79.9. The third kappa shape index (κ3) is 5.84. The minimum atomic E-state index is -0.458. The highest BCUT2D eigenvalue weighted by molar-refractivity contribution is 9.10. The number of hydrogen-bond acceptors (Lipinski definition) is 4. The van der Waals surface area contributed by atoms with Gasteiger partial charge in [0.2, 0.25) is 0 Å². The predicted molar refractivity (Wildman–Crippen MR) is 93.4 cm³/mol. The molecule has 1 N–H and O–H groups in total. The number of nitrogens with zero attached hydrogens (tertiary/aromatic N) is 1. The molecule has 2 heterocycles. The summed E-state index contributed by atoms with van der Waals surface area (Å²) < 4.78 is 11.8. The number of carbonyl (C=O) groups excluding carboxylic acids is 1. The van der Waals surface area contributed by atoms with E-state index in [1.807, 2.05) is 37.8 Å². The molecule has 0 spiro atoms. The van der Waals surface area contributed by atoms with Gasteiger partial charge in [0.25, 0.3) is 0 Å². The molecular formula is C17H27BrN2O3. The maximum atomic E-state index is 12.3. The maximum absolute atomic E-state index is 12.3. The minimum Gasteiger partial charge on any atom is -0.453 e. The van der Waals surface area contributed by atoms with E-state index in [-0.39, 0.29) is 18.2 Å². The first kappa shape index (κ1) is 18.3. The van der Waals surface area contributed by atoms with Gasteiger partial charge in [-0.15, -0.1) is 0 Å². The fraction of sp³-hybridized carbons (Fsp3) is 0.706. The predicted octanol–water partition coefficient (Wildman–Crippen LogP) is 4.48. The SMILES string of the molecule is CC(NC1CCCCN(C(=O)OC(C)(C)C)C1)c1ccc(Br)o1. The lowest BCUT2D eigenvalue weighted by Gasteiger charge is -2.29. The summed E-state index contributed by atoms with van der Waals surface area (Å²) in [7, 11) is 0. The molecule has 0 saturated carbocycles. The Kier molecular flexibility index (Phi) is 6.14. The summed E-state index contributed by atoms with van der Waals surface area (Å²) in [5.41, 5.74) is -0.458. The zero-order valence-electron chi connectivity index (χ0n) is 14.4. The van der Waals surface area contributed by atoms with Gasteiger partial charge in [-0.25, -0.2) is 4.79 Å². The quantitative estimate of drug-likeness (QED) is 0.831. The Bertz CT molecular complexity index is 524. The third-order valence-corrected chi connectivity index (χ3v) is 4.26. The lowest BCUT2D eigenvalue weighted by Crippen LogP contribution is -2.45. The summed E-state index contributed by atoms with van der Waals surface area (Å²) in [6.07, 6.45) is 2.94. The topological polar surface area (TPSA) is 54.7 Å². The van der Waals surface area contributed by atoms with Crippen molar-refractivity contribution in [3.8, 4) is 0 Å². The first-order chi connectivity index (χ1) is 10.7. The Labute approximate surface area is 146 Å². The molecule has 6 heteroatoms. The van der Waals surface area contributed by atoms with Crippen LogP contribution >= 0.6 is 15.9 Å². The van der Waals surface area contributed by atoms with Gasteiger partial charge in [0, 0.05) is 19.1 Å². The summed E-state index contributed by atoms with van der Waals surface area (Å²) in [4.78, 5) is 14.1. The van der Waals surface area contributed by atoms with Gasteiger partial charge in [0.1, 0.15) is 11.4 Å². The zero-order chi connectivity index (χ0) is 17.0. The van der Waals surface area contributed by atoms with Crippen molar-refractivity contribution in [2.45, 2.75) is 64.6 Å². The molecule has 0 aliphatic carbocycles. The van der Waals surface area contributed by atoms with E-state index in [0.29, 0.717) is 6.54 Å². The fourth-order valence-corrected chi connectivity index (χ4v) is 3.09. The van der Waals surface area contributed by atoms with Crippen molar-refractivity contribution in [3.05, 3.63) is 22.6 Å². The van der Waals surface area contributed by atoms with Crippen LogP contribution in [0.15, 0.2) is 21.2 Å². The Hall–Kier alpha value is -1.01. The van der Waals surface area contributed by atoms with Crippen molar-refractivity contribution in [1.29, 1.82) is 0 Å². The number of hydrogen-bond donors (Lipinski definition) is 1. The Morgan fingerprint density at radius 3 is 2.78 bits per heavy atom. The van der Waals surface area contributed by atoms with Crippen LogP contribution in [0, 0.1) is 0 Å². The summed E-state index contributed by atoms with van der Waals surface area (Å²) in [6, 6.07) is 4.20. The number of amides is 1. The number of likely N-dealkylation sites (tertiary alicyclic amines) is 1. The van der Waals surface area contributed by atoms with Gasteiger partial charge >= 0.3 is 6.09 Å². The van der Waals surface area contributed by atoms with Crippen molar-refractivity contribution in [2.75, 3.05) is 13.1 Å². The summed E-state index contributed by atoms with van der Waals surface area (Å²) >= 11 is 3.33. The molecule has 1 aromatic heterocycles. The fourth-order valence-electron chi connectivity index (χ4n) is 2.77. The van der Waals surface area contributed by atoms with Crippen LogP contribution < -0.4 is 5.32 Å². The first-order valence-corrected chi connectivity index (χ1v) is 9.03. The standard InChI is InChI=1S/C17H27BrN2O3/c1-12(14-8-9-15(18)22-14)19-13-7-5-6-10-20(11-13)16(21)23-17(2,3)4/h8-9,12-13,19H,5-7,10-11H2,1-4H3. The highest BCUT2D eigenvalue weighted by Crippen LogP contribution is 2.22. The molecule has 1 aliphatic heterocycles. The first-order valence-electron chi connectivity index (χ1n) is 8.24. The summed E-state index contributed by atoms with van der Waals surface area (Å²) in [6.45, 7) is 9.20. The van der Waals surface area contributed by atoms with Crippen LogP contribution in [0.25, 0.3) is 0 Å². The van der Waals surface area contributed by atoms with Crippen LogP contribution in [0.2, 0.25) is 0 Å². The van der Waals surface area contributed by atoms with Crippen LogP contribution in [0.3, 0.4) is 0 Å². The molecule has 2 atom stereocenters. The molecule has 0 bridgehead atoms. The molecule has 1 fully saturated rings. The molecule has 1 aromatic rings. The van der Waals surface area contributed by atoms with E-state index in [1.165, 1.54) is 0 Å². The number of carbonyl (C=O) groups is 1. The van der Waals surface area contributed by atoms with Gasteiger partial charge in [-0.3, -0.25) is 0 Å². The summed E-state index contributed by atoms with van der Waals surface area (Å²) in [5.74, 6) is 0.893. The van der Waals surface area contributed by atoms with Crippen molar-refractivity contribution in [2.24, 2.45) is 0 Å². The van der Waals surface area contributed by atoms with Crippen LogP contribution in [-0.4, -0.2) is 35.7 Å². The van der Waals surface area contributed by atoms with E-state index in [4.69, 9.17) is 9.15 Å². The number of nitrogens with one attached hydrogen (secondary N) is 1. The Morgan fingerprint density at radius 1 is 1.43 bits per heavy atom. The second kappa shape index (κ2) is 7.71. The van der Waals surface area contributed by atoms with E-state index in [9.17, 15) is 4.79 Å². The van der Waals surface area contributed by atoms with Crippen LogP contribution in [-0.2, 0) is 4.74 Å². The van der Waals surface area contributed by atoms with E-state index >= 15 is 0 Å². The zero-order valence-corrected chi connectivity index (χ0v) is 16.0. The van der Waals surface area contributed by atoms with E-state index in [0.717, 1.165) is 36.2 Å². The monoisotopic (exact) mass is 386 g/mol. The molecule has 1 amide bonds. The molecular weight excluding hydrogens is 360 g/mol. The molecule has 2 unspecified atom stereocenters. The number of halogens is 1. The van der Waals surface area contributed by atoms with E-state index < -0.39 is 5.60 Å². The number of furan rings is 1. The molecule has 1 aliphatic rings. The molecule has 130 valence electrons. The van der Waals surface area contributed by atoms with Gasteiger partial charge in [-0.1, -0.05) is 6.42 Å². The van der Waals surface area contributed by atoms with Gasteiger partial charge < -0.3 is 19.4 Å². The number of rotatable bonds is 3. The minimum absolute atomic E-state index is 0.102. The average Bonchev–Trinajstić information content (AvgIpc) is 2.73. The van der Waals surface area contributed by atoms with Gasteiger partial charge in [-0.05, 0) is 68.6 Å². The van der Waals surface area contributed by atoms with Crippen LogP contribution in [0.1, 0.15) is 58.8 Å². The molecule has 0 aromatic carbocycles. The van der Waals surface area contributed by atoms with Crippen molar-refractivity contribution < 1.29 is 13.9 Å². The number of ether oxygens (including phenoxy) is 1. The largest absolute Gasteiger partial charge is 0.453 e. The average molecular weight is 387 g/mol. The Balaban J connectivity index is 1.95. The van der Waals surface area contributed by atoms with Crippen molar-refractivity contribution in [3.63, 3.8) is 0 Å². The smallest absolute Gasteiger partial charge is 0.410 e. The third-order valence-electron chi connectivity index (χ3n) is 3.83. The molecule has 5 nitrogen and oxygen atoms in total. The second-order valence-corrected chi connectivity index (χ2v) is 7.93. The maximum Gasteiger partial charge on any atom is 0.410 e. The van der Waals surface area contributed by atoms with Gasteiger partial charge in [0.15, 0.2) is 4.67 Å². The lowest BCUT2D eigenvalue weighted by molar-refractivity contribution is 0.0241. The molecule has 0 radical (unpaired) electrons. The summed E-state index contributed by atoms with van der Waals surface area (Å²) in [5, 5.41) is 3.57. The van der Waals surface area contributed by atoms with Crippen molar-refractivity contribution >= 4 is 22.0 Å². The molecule has 2 rings (SSSR count). The highest BCUT2D eigenvalue weighted by Gasteiger charge is 2.27. The second-order valence-electron chi connectivity index (χ2n) is 7.15.